The molecule has 11 heteroatoms. The van der Waals surface area contributed by atoms with Crippen molar-refractivity contribution >= 4 is 39.1 Å². The van der Waals surface area contributed by atoms with Crippen LogP contribution >= 0.6 is 0 Å². The monoisotopic (exact) mass is 490 g/mol. The lowest BCUT2D eigenvalue weighted by Gasteiger charge is -2.19. The maximum atomic E-state index is 12.8. The second kappa shape index (κ2) is 10.1. The van der Waals surface area contributed by atoms with E-state index >= 15 is 0 Å². The molecule has 2 aromatic heterocycles. The molecule has 2 amide bonds. The Morgan fingerprint density at radius 3 is 2.00 bits per heavy atom. The molecule has 0 unspecified atom stereocenters. The lowest BCUT2D eigenvalue weighted by atomic mass is 10.2. The van der Waals surface area contributed by atoms with Crippen LogP contribution in [0.25, 0.3) is 11.0 Å². The maximum absolute atomic E-state index is 12.8. The number of rotatable bonds is 3. The highest BCUT2D eigenvalue weighted by Gasteiger charge is 2.20. The molecule has 0 fully saturated rings. The molecular weight excluding hydrogens is 460 g/mol. The number of ether oxygens (including phenoxy) is 2. The van der Waals surface area contributed by atoms with Gasteiger partial charge in [-0.1, -0.05) is 18.2 Å². The van der Waals surface area contributed by atoms with E-state index in [1.165, 1.54) is 28.4 Å². The van der Waals surface area contributed by atoms with E-state index in [4.69, 9.17) is 10.5 Å². The highest BCUT2D eigenvalue weighted by molar-refractivity contribution is 7.90. The summed E-state index contributed by atoms with van der Waals surface area (Å²) in [7, 11) is -3.72. The molecule has 3 N–H and O–H groups in total. The van der Waals surface area contributed by atoms with Crippen molar-refractivity contribution in [2.75, 3.05) is 5.32 Å². The van der Waals surface area contributed by atoms with Crippen molar-refractivity contribution in [3.8, 4) is 0 Å². The molecule has 0 saturated heterocycles. The van der Waals surface area contributed by atoms with Gasteiger partial charge >= 0.3 is 12.2 Å². The molecule has 0 atom stereocenters. The van der Waals surface area contributed by atoms with Crippen LogP contribution < -0.4 is 11.1 Å². The molecule has 0 saturated carbocycles. The van der Waals surface area contributed by atoms with Crippen molar-refractivity contribution in [2.45, 2.75) is 57.6 Å². The van der Waals surface area contributed by atoms with Gasteiger partial charge in [-0.3, -0.25) is 5.32 Å². The van der Waals surface area contributed by atoms with Crippen molar-refractivity contribution in [1.82, 2.24) is 8.96 Å². The van der Waals surface area contributed by atoms with Gasteiger partial charge in [0.1, 0.15) is 17.0 Å². The molecule has 0 radical (unpaired) electrons. The highest BCUT2D eigenvalue weighted by Crippen LogP contribution is 2.22. The van der Waals surface area contributed by atoms with Crippen molar-refractivity contribution in [2.24, 2.45) is 5.73 Å². The van der Waals surface area contributed by atoms with Crippen molar-refractivity contribution < 1.29 is 27.5 Å². The molecular formula is C23H30N4O6S. The third-order valence-corrected chi connectivity index (χ3v) is 5.55. The van der Waals surface area contributed by atoms with E-state index in [0.717, 1.165) is 0 Å². The Morgan fingerprint density at radius 1 is 0.912 bits per heavy atom. The number of nitrogens with zero attached hydrogens (tertiary/aromatic N) is 2. The quantitative estimate of drug-likeness (QED) is 0.550. The van der Waals surface area contributed by atoms with Crippen LogP contribution in [0.1, 0.15) is 41.5 Å². The zero-order valence-corrected chi connectivity index (χ0v) is 20.8. The molecule has 0 aliphatic rings. The lowest BCUT2D eigenvalue weighted by Crippen LogP contribution is -2.27. The first-order valence-corrected chi connectivity index (χ1v) is 11.8. The summed E-state index contributed by atoms with van der Waals surface area (Å²) in [6.45, 7) is 10.6. The number of nitrogens with two attached hydrogens (primary N) is 1. The topological polar surface area (TPSA) is 143 Å². The van der Waals surface area contributed by atoms with Crippen LogP contribution in [0.15, 0.2) is 59.6 Å². The average Bonchev–Trinajstić information content (AvgIpc) is 3.09. The Balaban J connectivity index is 0.000000440. The van der Waals surface area contributed by atoms with Crippen LogP contribution in [0.2, 0.25) is 0 Å². The first-order valence-electron chi connectivity index (χ1n) is 10.4. The SMILES string of the molecule is CC(C)(C)OC(=O)Nc1ccc2c(ccn2S(=O)(=O)c2ccccc2)n1.CC(C)(C)OC(N)=O. The minimum absolute atomic E-state index is 0.188. The van der Waals surface area contributed by atoms with Gasteiger partial charge in [0, 0.05) is 6.20 Å². The van der Waals surface area contributed by atoms with Crippen molar-refractivity contribution in [3.05, 3.63) is 54.7 Å². The molecule has 0 aliphatic carbocycles. The Labute approximate surface area is 199 Å². The standard InChI is InChI=1S/C18H19N3O4S.C5H11NO2/c1-18(2,3)25-17(22)20-16-10-9-15-14(19-16)11-12-21(15)26(23,24)13-7-5-4-6-8-13;1-5(2,3)8-4(6)7/h4-12H,1-3H3,(H,19,20,22);1-3H3,(H2,6,7). The average molecular weight is 491 g/mol. The number of primary amides is 1. The van der Waals surface area contributed by atoms with Crippen LogP contribution in [0.4, 0.5) is 15.4 Å². The lowest BCUT2D eigenvalue weighted by molar-refractivity contribution is 0.0596. The molecule has 3 aromatic rings. The summed E-state index contributed by atoms with van der Waals surface area (Å²) in [6, 6.07) is 12.9. The minimum Gasteiger partial charge on any atom is -0.444 e. The van der Waals surface area contributed by atoms with Gasteiger partial charge in [-0.2, -0.15) is 0 Å². The molecule has 1 aromatic carbocycles. The third kappa shape index (κ3) is 7.77. The fourth-order valence-corrected chi connectivity index (χ4v) is 4.05. The second-order valence-electron chi connectivity index (χ2n) is 9.19. The largest absolute Gasteiger partial charge is 0.444 e. The zero-order chi connectivity index (χ0) is 25.7. The number of carbonyl (C=O) groups excluding carboxylic acids is 2. The highest BCUT2D eigenvalue weighted by atomic mass is 32.2. The minimum atomic E-state index is -3.72. The second-order valence-corrected chi connectivity index (χ2v) is 11.0. The summed E-state index contributed by atoms with van der Waals surface area (Å²) in [5.41, 5.74) is 4.50. The Morgan fingerprint density at radius 2 is 1.50 bits per heavy atom. The van der Waals surface area contributed by atoms with Gasteiger partial charge in [0.15, 0.2) is 0 Å². The molecule has 184 valence electrons. The number of benzene rings is 1. The van der Waals surface area contributed by atoms with Crippen LogP contribution in [0, 0.1) is 0 Å². The summed E-state index contributed by atoms with van der Waals surface area (Å²) in [4.78, 5) is 26.3. The van der Waals surface area contributed by atoms with E-state index in [2.05, 4.69) is 15.0 Å². The molecule has 0 bridgehead atoms. The summed E-state index contributed by atoms with van der Waals surface area (Å²) in [5.74, 6) is 0.279. The molecule has 3 rings (SSSR count). The van der Waals surface area contributed by atoms with Gasteiger partial charge in [0.05, 0.1) is 15.9 Å². The zero-order valence-electron chi connectivity index (χ0n) is 20.0. The first-order chi connectivity index (χ1) is 15.6. The number of aromatic nitrogens is 2. The number of anilines is 1. The number of pyridine rings is 1. The predicted molar refractivity (Wildman–Crippen MR) is 129 cm³/mol. The van der Waals surface area contributed by atoms with E-state index in [0.29, 0.717) is 11.0 Å². The van der Waals surface area contributed by atoms with E-state index in [1.54, 1.807) is 71.9 Å². The molecule has 0 spiro atoms. The van der Waals surface area contributed by atoms with Gasteiger partial charge in [0.25, 0.3) is 10.0 Å². The van der Waals surface area contributed by atoms with E-state index in [1.807, 2.05) is 0 Å². The summed E-state index contributed by atoms with van der Waals surface area (Å²) < 4.78 is 36.5. The first kappa shape index (κ1) is 26.7. The Bertz CT molecular complexity index is 1260. The van der Waals surface area contributed by atoms with Crippen LogP contribution in [-0.4, -0.2) is 40.8 Å². The molecule has 10 nitrogen and oxygen atoms in total. The van der Waals surface area contributed by atoms with Crippen LogP contribution in [-0.2, 0) is 19.5 Å². The Hall–Kier alpha value is -3.60. The molecule has 2 heterocycles. The summed E-state index contributed by atoms with van der Waals surface area (Å²) in [6.07, 6.45) is 0.0928. The van der Waals surface area contributed by atoms with Gasteiger partial charge in [-0.15, -0.1) is 0 Å². The van der Waals surface area contributed by atoms with Gasteiger partial charge in [-0.25, -0.2) is 27.0 Å². The third-order valence-electron chi connectivity index (χ3n) is 3.84. The predicted octanol–water partition coefficient (Wildman–Crippen LogP) is 4.50. The van der Waals surface area contributed by atoms with Gasteiger partial charge in [-0.05, 0) is 71.9 Å². The fraction of sp³-hybridized carbons (Fsp3) is 0.348. The van der Waals surface area contributed by atoms with Crippen molar-refractivity contribution in [3.63, 3.8) is 0 Å². The normalized spacial score (nSPS) is 11.8. The summed E-state index contributed by atoms with van der Waals surface area (Å²) >= 11 is 0. The number of nitrogens with one attached hydrogen (secondary N) is 1. The summed E-state index contributed by atoms with van der Waals surface area (Å²) in [5, 5.41) is 2.54. The van der Waals surface area contributed by atoms with E-state index in [9.17, 15) is 18.0 Å². The van der Waals surface area contributed by atoms with Crippen LogP contribution in [0.5, 0.6) is 0 Å². The Kier molecular flexibility index (Phi) is 7.93. The molecule has 34 heavy (non-hydrogen) atoms. The van der Waals surface area contributed by atoms with Crippen LogP contribution in [0.3, 0.4) is 0 Å². The number of hydrogen-bond acceptors (Lipinski definition) is 7. The number of hydrogen-bond donors (Lipinski definition) is 2. The van der Waals surface area contributed by atoms with Gasteiger partial charge < -0.3 is 15.2 Å². The number of carbonyl (C=O) groups is 2. The van der Waals surface area contributed by atoms with Crippen molar-refractivity contribution in [1.29, 1.82) is 0 Å². The fourth-order valence-electron chi connectivity index (χ4n) is 2.69. The van der Waals surface area contributed by atoms with Gasteiger partial charge in [0.2, 0.25) is 0 Å². The molecule has 0 aliphatic heterocycles. The number of fused-ring (bicyclic) bond motifs is 1. The maximum Gasteiger partial charge on any atom is 0.413 e. The van der Waals surface area contributed by atoms with E-state index < -0.39 is 33.4 Å². The number of amides is 2. The van der Waals surface area contributed by atoms with E-state index in [-0.39, 0.29) is 10.7 Å². The smallest absolute Gasteiger partial charge is 0.413 e.